The molecular formula is C19H21ClF5N3O2. The van der Waals surface area contributed by atoms with Gasteiger partial charge in [0.2, 0.25) is 0 Å². The molecule has 0 saturated carbocycles. The first-order chi connectivity index (χ1) is 13.8. The maximum atomic E-state index is 13.7. The first-order valence-corrected chi connectivity index (χ1v) is 9.30. The van der Waals surface area contributed by atoms with Gasteiger partial charge in [0.1, 0.15) is 0 Å². The van der Waals surface area contributed by atoms with E-state index in [2.05, 4.69) is 10.1 Å². The third-order valence-electron chi connectivity index (χ3n) is 4.47. The number of alkyl halides is 5. The van der Waals surface area contributed by atoms with Crippen molar-refractivity contribution in [1.82, 2.24) is 14.8 Å². The molecule has 2 aromatic rings. The summed E-state index contributed by atoms with van der Waals surface area (Å²) in [6.45, 7) is 6.07. The van der Waals surface area contributed by atoms with E-state index in [0.717, 1.165) is 26.1 Å². The van der Waals surface area contributed by atoms with Crippen LogP contribution in [0.25, 0.3) is 11.3 Å². The zero-order valence-corrected chi connectivity index (χ0v) is 17.5. The van der Waals surface area contributed by atoms with E-state index in [0.29, 0.717) is 24.4 Å². The zero-order chi connectivity index (χ0) is 23.3. The number of hydrogen-bond donors (Lipinski definition) is 0. The molecular weight excluding hydrogens is 433 g/mol. The van der Waals surface area contributed by atoms with Crippen molar-refractivity contribution >= 4 is 17.8 Å². The zero-order valence-electron chi connectivity index (χ0n) is 16.8. The van der Waals surface area contributed by atoms with Gasteiger partial charge in [0.05, 0.1) is 21.8 Å². The monoisotopic (exact) mass is 453 g/mol. The van der Waals surface area contributed by atoms with Crippen LogP contribution in [0.15, 0.2) is 12.3 Å². The summed E-state index contributed by atoms with van der Waals surface area (Å²) in [5, 5.41) is 4.56. The molecule has 0 aliphatic carbocycles. The van der Waals surface area contributed by atoms with Crippen LogP contribution in [0, 0.1) is 5.41 Å². The maximum absolute atomic E-state index is 13.7. The highest BCUT2D eigenvalue weighted by Gasteiger charge is 2.47. The lowest BCUT2D eigenvalue weighted by molar-refractivity contribution is -0.211. The van der Waals surface area contributed by atoms with Gasteiger partial charge in [0.15, 0.2) is 0 Å². The lowest BCUT2D eigenvalue weighted by Gasteiger charge is -2.27. The van der Waals surface area contributed by atoms with Crippen LogP contribution in [-0.4, -0.2) is 27.1 Å². The van der Waals surface area contributed by atoms with Crippen LogP contribution in [0.3, 0.4) is 0 Å². The van der Waals surface area contributed by atoms with Crippen LogP contribution in [0.5, 0.6) is 0 Å². The van der Waals surface area contributed by atoms with Gasteiger partial charge in [0, 0.05) is 36.0 Å². The summed E-state index contributed by atoms with van der Waals surface area (Å²) in [6.07, 6.45) is -5.93. The van der Waals surface area contributed by atoms with E-state index in [1.165, 1.54) is 4.68 Å². The van der Waals surface area contributed by atoms with Crippen molar-refractivity contribution in [2.45, 2.75) is 59.7 Å². The van der Waals surface area contributed by atoms with E-state index in [-0.39, 0.29) is 22.4 Å². The molecule has 0 radical (unpaired) electrons. The molecule has 0 aliphatic rings. The molecule has 0 aliphatic heterocycles. The van der Waals surface area contributed by atoms with Crippen molar-refractivity contribution in [2.75, 3.05) is 0 Å². The fourth-order valence-corrected chi connectivity index (χ4v) is 3.12. The van der Waals surface area contributed by atoms with Gasteiger partial charge >= 0.3 is 12.3 Å². The molecule has 0 aromatic carbocycles. The largest absolute Gasteiger partial charge is 0.394 e. The second kappa shape index (κ2) is 10.1. The molecule has 2 heterocycles. The summed E-state index contributed by atoms with van der Waals surface area (Å²) in [7, 11) is 0. The first-order valence-electron chi connectivity index (χ1n) is 8.93. The van der Waals surface area contributed by atoms with Crippen molar-refractivity contribution in [3.8, 4) is 11.3 Å². The highest BCUT2D eigenvalue weighted by Crippen LogP contribution is 2.41. The van der Waals surface area contributed by atoms with Crippen LogP contribution in [0.1, 0.15) is 51.1 Å². The van der Waals surface area contributed by atoms with Crippen molar-refractivity contribution in [1.29, 1.82) is 0 Å². The molecule has 30 heavy (non-hydrogen) atoms. The number of nitrogens with zero attached hydrogens (tertiary/aromatic N) is 3. The van der Waals surface area contributed by atoms with Crippen LogP contribution in [-0.2, 0) is 29.0 Å². The molecule has 2 aromatic heterocycles. The SMILES string of the molecule is CCc1nn(CC)c(-c2cnc(CC(C)(C)C(F)(F)F)cc2C(F)F)c1Cl.O=C=O. The molecule has 5 nitrogen and oxygen atoms in total. The Morgan fingerprint density at radius 3 is 2.20 bits per heavy atom. The fourth-order valence-electron chi connectivity index (χ4n) is 2.75. The second-order valence-corrected chi connectivity index (χ2v) is 7.36. The maximum Gasteiger partial charge on any atom is 0.394 e. The van der Waals surface area contributed by atoms with E-state index in [4.69, 9.17) is 21.2 Å². The Morgan fingerprint density at radius 1 is 1.20 bits per heavy atom. The smallest absolute Gasteiger partial charge is 0.263 e. The number of rotatable bonds is 6. The molecule has 0 unspecified atom stereocenters. The molecule has 2 rings (SSSR count). The molecule has 0 spiro atoms. The number of aryl methyl sites for hydroxylation is 2. The summed E-state index contributed by atoms with van der Waals surface area (Å²) in [5.74, 6) is 0. The highest BCUT2D eigenvalue weighted by molar-refractivity contribution is 6.33. The van der Waals surface area contributed by atoms with Crippen LogP contribution in [0.2, 0.25) is 5.02 Å². The Hall–Kier alpha value is -2.32. The molecule has 0 atom stereocenters. The van der Waals surface area contributed by atoms with E-state index in [1.54, 1.807) is 6.92 Å². The highest BCUT2D eigenvalue weighted by atomic mass is 35.5. The minimum absolute atomic E-state index is 0.0502. The average molecular weight is 454 g/mol. The third-order valence-corrected chi connectivity index (χ3v) is 4.87. The van der Waals surface area contributed by atoms with E-state index in [1.807, 2.05) is 6.92 Å². The Morgan fingerprint density at radius 2 is 1.77 bits per heavy atom. The van der Waals surface area contributed by atoms with Gasteiger partial charge in [-0.3, -0.25) is 9.67 Å². The predicted molar refractivity (Wildman–Crippen MR) is 99.0 cm³/mol. The van der Waals surface area contributed by atoms with E-state index >= 15 is 0 Å². The molecule has 0 fully saturated rings. The minimum Gasteiger partial charge on any atom is -0.263 e. The summed E-state index contributed by atoms with van der Waals surface area (Å²) in [4.78, 5) is 20.3. The number of pyridine rings is 1. The standard InChI is InChI=1S/C18H21ClF5N3.CO2/c1-5-13-14(19)15(27(6-2)26-13)12-9-25-10(7-11(12)16(20)21)8-17(3,4)18(22,23)24;2-1-3/h7,9,16H,5-6,8H2,1-4H3;. The number of aromatic nitrogens is 3. The minimum atomic E-state index is -4.47. The van der Waals surface area contributed by atoms with Crippen LogP contribution < -0.4 is 0 Å². The molecule has 166 valence electrons. The topological polar surface area (TPSA) is 64.8 Å². The van der Waals surface area contributed by atoms with Gasteiger partial charge in [-0.1, -0.05) is 32.4 Å². The summed E-state index contributed by atoms with van der Waals surface area (Å²) in [6, 6.07) is 1.03. The van der Waals surface area contributed by atoms with Crippen molar-refractivity contribution < 1.29 is 31.5 Å². The quantitative estimate of drug-likeness (QED) is 0.529. The van der Waals surface area contributed by atoms with Gasteiger partial charge in [0.25, 0.3) is 6.43 Å². The van der Waals surface area contributed by atoms with Gasteiger partial charge in [-0.15, -0.1) is 0 Å². The first kappa shape index (κ1) is 25.7. The summed E-state index contributed by atoms with van der Waals surface area (Å²) >= 11 is 6.32. The Bertz CT molecular complexity index is 904. The lowest BCUT2D eigenvalue weighted by atomic mass is 9.86. The molecule has 0 bridgehead atoms. The lowest BCUT2D eigenvalue weighted by Crippen LogP contribution is -2.34. The predicted octanol–water partition coefficient (Wildman–Crippen LogP) is 5.67. The van der Waals surface area contributed by atoms with Crippen molar-refractivity contribution in [3.05, 3.63) is 34.2 Å². The Labute approximate surface area is 175 Å². The third kappa shape index (κ3) is 5.64. The second-order valence-electron chi connectivity index (χ2n) is 6.98. The number of halogens is 6. The molecule has 0 amide bonds. The Balaban J connectivity index is 0.00000141. The van der Waals surface area contributed by atoms with Gasteiger partial charge in [-0.25, -0.2) is 8.78 Å². The molecule has 0 saturated heterocycles. The van der Waals surface area contributed by atoms with E-state index in [9.17, 15) is 22.0 Å². The number of carbonyl (C=O) groups excluding carboxylic acids is 2. The summed E-state index contributed by atoms with van der Waals surface area (Å²) in [5.41, 5.74) is -1.59. The normalized spacial score (nSPS) is 11.8. The number of hydrogen-bond acceptors (Lipinski definition) is 4. The fraction of sp³-hybridized carbons (Fsp3) is 0.526. The van der Waals surface area contributed by atoms with Gasteiger partial charge in [-0.05, 0) is 19.4 Å². The van der Waals surface area contributed by atoms with Crippen LogP contribution >= 0.6 is 11.6 Å². The average Bonchev–Trinajstić information content (AvgIpc) is 2.96. The summed E-state index contributed by atoms with van der Waals surface area (Å²) < 4.78 is 68.2. The molecule has 11 heteroatoms. The van der Waals surface area contributed by atoms with E-state index < -0.39 is 30.0 Å². The molecule has 0 N–H and O–H groups in total. The van der Waals surface area contributed by atoms with Gasteiger partial charge in [-0.2, -0.15) is 27.9 Å². The van der Waals surface area contributed by atoms with Crippen LogP contribution in [0.4, 0.5) is 22.0 Å². The van der Waals surface area contributed by atoms with Crippen molar-refractivity contribution in [2.24, 2.45) is 5.41 Å². The van der Waals surface area contributed by atoms with Crippen molar-refractivity contribution in [3.63, 3.8) is 0 Å². The van der Waals surface area contributed by atoms with Gasteiger partial charge < -0.3 is 0 Å². The Kier molecular flexibility index (Phi) is 8.68.